The van der Waals surface area contributed by atoms with Gasteiger partial charge in [-0.25, -0.2) is 0 Å². The van der Waals surface area contributed by atoms with Crippen LogP contribution < -0.4 is 5.32 Å². The topological polar surface area (TPSA) is 62.3 Å². The van der Waals surface area contributed by atoms with E-state index in [0.29, 0.717) is 48.2 Å². The Morgan fingerprint density at radius 1 is 1.25 bits per heavy atom. The Kier molecular flexibility index (Phi) is 6.87. The van der Waals surface area contributed by atoms with Crippen LogP contribution in [0.4, 0.5) is 0 Å². The summed E-state index contributed by atoms with van der Waals surface area (Å²) in [6.07, 6.45) is 7.85. The molecule has 1 N–H and O–H groups in total. The Bertz CT molecular complexity index is 708. The lowest BCUT2D eigenvalue weighted by molar-refractivity contribution is -0.131. The number of carbonyl (C=O) groups excluding carboxylic acids is 2. The minimum absolute atomic E-state index is 0.125. The highest BCUT2D eigenvalue weighted by atomic mass is 16.2. The van der Waals surface area contributed by atoms with Crippen molar-refractivity contribution in [2.24, 2.45) is 23.7 Å². The summed E-state index contributed by atoms with van der Waals surface area (Å²) in [5.41, 5.74) is 1.75. The Labute approximate surface area is 168 Å². The third kappa shape index (κ3) is 5.00. The predicted octanol–water partition coefficient (Wildman–Crippen LogP) is 3.68. The Hall–Kier alpha value is -2.17. The first kappa shape index (κ1) is 20.6. The van der Waals surface area contributed by atoms with Crippen molar-refractivity contribution in [1.82, 2.24) is 15.2 Å². The van der Waals surface area contributed by atoms with E-state index >= 15 is 0 Å². The van der Waals surface area contributed by atoms with Gasteiger partial charge in [-0.2, -0.15) is 0 Å². The molecule has 0 bridgehead atoms. The SMILES string of the molecule is CC1=C[C@@H](CNC(=O)c2ccccn2)[C@H](C(C)C)C[C@H]1CC(=O)N1CCCC1. The van der Waals surface area contributed by atoms with Gasteiger partial charge in [0, 0.05) is 32.3 Å². The molecular formula is C23H33N3O2. The molecular weight excluding hydrogens is 350 g/mol. The van der Waals surface area contributed by atoms with Crippen molar-refractivity contribution in [1.29, 1.82) is 0 Å². The number of allylic oxidation sites excluding steroid dienone is 1. The number of likely N-dealkylation sites (tertiary alicyclic amines) is 1. The molecule has 1 saturated heterocycles. The predicted molar refractivity (Wildman–Crippen MR) is 111 cm³/mol. The fourth-order valence-electron chi connectivity index (χ4n) is 4.61. The minimum Gasteiger partial charge on any atom is -0.350 e. The van der Waals surface area contributed by atoms with Crippen molar-refractivity contribution < 1.29 is 9.59 Å². The molecule has 1 aromatic heterocycles. The van der Waals surface area contributed by atoms with E-state index in [-0.39, 0.29) is 5.91 Å². The summed E-state index contributed by atoms with van der Waals surface area (Å²) in [5, 5.41) is 3.05. The number of nitrogens with zero attached hydrogens (tertiary/aromatic N) is 2. The highest BCUT2D eigenvalue weighted by Crippen LogP contribution is 2.39. The third-order valence-electron chi connectivity index (χ3n) is 6.36. The molecule has 3 rings (SSSR count). The first-order chi connectivity index (χ1) is 13.5. The van der Waals surface area contributed by atoms with Gasteiger partial charge < -0.3 is 10.2 Å². The van der Waals surface area contributed by atoms with Gasteiger partial charge in [-0.1, -0.05) is 31.6 Å². The maximum Gasteiger partial charge on any atom is 0.269 e. The second-order valence-electron chi connectivity index (χ2n) is 8.63. The van der Waals surface area contributed by atoms with Crippen LogP contribution in [0.3, 0.4) is 0 Å². The zero-order chi connectivity index (χ0) is 20.1. The van der Waals surface area contributed by atoms with Crippen LogP contribution in [0, 0.1) is 23.7 Å². The number of pyridine rings is 1. The smallest absolute Gasteiger partial charge is 0.269 e. The van der Waals surface area contributed by atoms with Crippen LogP contribution in [0.25, 0.3) is 0 Å². The fraction of sp³-hybridized carbons (Fsp3) is 0.609. The second-order valence-corrected chi connectivity index (χ2v) is 8.63. The molecule has 1 aliphatic carbocycles. The summed E-state index contributed by atoms with van der Waals surface area (Å²) in [6.45, 7) is 9.08. The van der Waals surface area contributed by atoms with Gasteiger partial charge in [-0.05, 0) is 62.0 Å². The lowest BCUT2D eigenvalue weighted by Gasteiger charge is -2.37. The van der Waals surface area contributed by atoms with Gasteiger partial charge in [0.2, 0.25) is 5.91 Å². The van der Waals surface area contributed by atoms with Gasteiger partial charge in [0.05, 0.1) is 0 Å². The number of rotatable bonds is 6. The molecule has 1 fully saturated rings. The fourth-order valence-corrected chi connectivity index (χ4v) is 4.61. The van der Waals surface area contributed by atoms with E-state index in [4.69, 9.17) is 0 Å². The second kappa shape index (κ2) is 9.35. The quantitative estimate of drug-likeness (QED) is 0.762. The maximum absolute atomic E-state index is 12.6. The lowest BCUT2D eigenvalue weighted by Crippen LogP contribution is -2.38. The minimum atomic E-state index is -0.125. The Balaban J connectivity index is 1.63. The van der Waals surface area contributed by atoms with Crippen molar-refractivity contribution in [2.45, 2.75) is 46.5 Å². The molecule has 0 radical (unpaired) electrons. The maximum atomic E-state index is 12.6. The molecule has 0 unspecified atom stereocenters. The van der Waals surface area contributed by atoms with Crippen LogP contribution in [0.1, 0.15) is 56.9 Å². The largest absolute Gasteiger partial charge is 0.350 e. The summed E-state index contributed by atoms with van der Waals surface area (Å²) in [6, 6.07) is 5.37. The number of carbonyl (C=O) groups is 2. The summed E-state index contributed by atoms with van der Waals surface area (Å²) >= 11 is 0. The van der Waals surface area contributed by atoms with Crippen molar-refractivity contribution >= 4 is 11.8 Å². The van der Waals surface area contributed by atoms with Gasteiger partial charge in [0.15, 0.2) is 0 Å². The summed E-state index contributed by atoms with van der Waals surface area (Å²) in [5.74, 6) is 1.77. The van der Waals surface area contributed by atoms with Crippen molar-refractivity contribution in [3.63, 3.8) is 0 Å². The molecule has 2 amide bonds. The molecule has 0 spiro atoms. The first-order valence-electron chi connectivity index (χ1n) is 10.6. The van der Waals surface area contributed by atoms with E-state index in [1.54, 1.807) is 12.3 Å². The van der Waals surface area contributed by atoms with Crippen LogP contribution in [0.15, 0.2) is 36.0 Å². The summed E-state index contributed by atoms with van der Waals surface area (Å²) in [7, 11) is 0. The van der Waals surface area contributed by atoms with Gasteiger partial charge in [-0.15, -0.1) is 0 Å². The van der Waals surface area contributed by atoms with Gasteiger partial charge >= 0.3 is 0 Å². The molecule has 2 heterocycles. The average molecular weight is 384 g/mol. The van der Waals surface area contributed by atoms with Gasteiger partial charge in [-0.3, -0.25) is 14.6 Å². The van der Waals surface area contributed by atoms with Gasteiger partial charge in [0.25, 0.3) is 5.91 Å². The van der Waals surface area contributed by atoms with E-state index in [1.165, 1.54) is 5.57 Å². The lowest BCUT2D eigenvalue weighted by atomic mass is 9.69. The zero-order valence-corrected chi connectivity index (χ0v) is 17.4. The summed E-state index contributed by atoms with van der Waals surface area (Å²) < 4.78 is 0. The van der Waals surface area contributed by atoms with Crippen molar-refractivity contribution in [3.05, 3.63) is 41.7 Å². The zero-order valence-electron chi connectivity index (χ0n) is 17.4. The van der Waals surface area contributed by atoms with E-state index in [0.717, 1.165) is 32.4 Å². The highest BCUT2D eigenvalue weighted by Gasteiger charge is 2.33. The number of hydrogen-bond acceptors (Lipinski definition) is 3. The molecule has 5 heteroatoms. The molecule has 1 aromatic rings. The Morgan fingerprint density at radius 2 is 2.00 bits per heavy atom. The van der Waals surface area contributed by atoms with Gasteiger partial charge in [0.1, 0.15) is 5.69 Å². The number of amides is 2. The number of aromatic nitrogens is 1. The number of hydrogen-bond donors (Lipinski definition) is 1. The third-order valence-corrected chi connectivity index (χ3v) is 6.36. The molecule has 5 nitrogen and oxygen atoms in total. The van der Waals surface area contributed by atoms with Crippen LogP contribution >= 0.6 is 0 Å². The van der Waals surface area contributed by atoms with Crippen LogP contribution in [-0.4, -0.2) is 41.3 Å². The molecule has 2 aliphatic rings. The average Bonchev–Trinajstić information content (AvgIpc) is 3.23. The molecule has 0 aromatic carbocycles. The van der Waals surface area contributed by atoms with E-state index in [9.17, 15) is 9.59 Å². The van der Waals surface area contributed by atoms with E-state index in [1.807, 2.05) is 17.0 Å². The van der Waals surface area contributed by atoms with Crippen LogP contribution in [0.2, 0.25) is 0 Å². The molecule has 28 heavy (non-hydrogen) atoms. The number of nitrogens with one attached hydrogen (secondary N) is 1. The van der Waals surface area contributed by atoms with Crippen molar-refractivity contribution in [3.8, 4) is 0 Å². The Morgan fingerprint density at radius 3 is 2.64 bits per heavy atom. The van der Waals surface area contributed by atoms with Crippen LogP contribution in [-0.2, 0) is 4.79 Å². The normalized spacial score (nSPS) is 24.9. The van der Waals surface area contributed by atoms with Crippen LogP contribution in [0.5, 0.6) is 0 Å². The standard InChI is InChI=1S/C23H33N3O2/c1-16(2)20-13-18(14-22(27)26-10-6-7-11-26)17(3)12-19(20)15-25-23(28)21-8-4-5-9-24-21/h4-5,8-9,12,16,18-20H,6-7,10-11,13-15H2,1-3H3,(H,25,28)/t18-,19-,20-/m0/s1. The van der Waals surface area contributed by atoms with E-state index in [2.05, 4.69) is 37.1 Å². The molecule has 152 valence electrons. The highest BCUT2D eigenvalue weighted by molar-refractivity contribution is 5.92. The molecule has 1 aliphatic heterocycles. The van der Waals surface area contributed by atoms with Crippen molar-refractivity contribution in [2.75, 3.05) is 19.6 Å². The molecule has 3 atom stereocenters. The van der Waals surface area contributed by atoms with E-state index < -0.39 is 0 Å². The molecule has 0 saturated carbocycles. The summed E-state index contributed by atoms with van der Waals surface area (Å²) in [4.78, 5) is 31.1. The first-order valence-corrected chi connectivity index (χ1v) is 10.6. The monoisotopic (exact) mass is 383 g/mol.